The third-order valence-corrected chi connectivity index (χ3v) is 8.15. The van der Waals surface area contributed by atoms with E-state index >= 15 is 0 Å². The zero-order valence-corrected chi connectivity index (χ0v) is 28.4. The van der Waals surface area contributed by atoms with Gasteiger partial charge in [0.15, 0.2) is 0 Å². The van der Waals surface area contributed by atoms with E-state index in [9.17, 15) is 14.3 Å². The highest BCUT2D eigenvalue weighted by Crippen LogP contribution is 2.43. The lowest BCUT2D eigenvalue weighted by molar-refractivity contribution is -0.870. The van der Waals surface area contributed by atoms with E-state index in [0.717, 1.165) is 32.1 Å². The van der Waals surface area contributed by atoms with Crippen molar-refractivity contribution >= 4 is 13.8 Å². The zero-order valence-electron chi connectivity index (χ0n) is 27.5. The monoisotopic (exact) mass is 608 g/mol. The number of quaternary nitrogens is 1. The number of rotatable bonds is 31. The van der Waals surface area contributed by atoms with E-state index in [0.29, 0.717) is 24.1 Å². The number of hydrogen-bond donors (Lipinski definition) is 1. The van der Waals surface area contributed by atoms with Gasteiger partial charge in [-0.25, -0.2) is 4.57 Å². The highest BCUT2D eigenvalue weighted by atomic mass is 31.2. The fraction of sp³-hybridized carbons (Fsp3) is 0.969. The summed E-state index contributed by atoms with van der Waals surface area (Å²) in [4.78, 5) is 22.6. The number of unbranched alkanes of at least 4 members (excludes halogenated alkanes) is 17. The number of carbonyl (C=O) groups excluding carboxylic acids is 1. The van der Waals surface area contributed by atoms with Crippen molar-refractivity contribution < 1.29 is 37.3 Å². The lowest BCUT2D eigenvalue weighted by Gasteiger charge is -2.24. The van der Waals surface area contributed by atoms with Gasteiger partial charge < -0.3 is 18.9 Å². The van der Waals surface area contributed by atoms with Crippen LogP contribution < -0.4 is 0 Å². The second-order valence-electron chi connectivity index (χ2n) is 12.6. The minimum Gasteiger partial charge on any atom is -0.457 e. The summed E-state index contributed by atoms with van der Waals surface area (Å²) in [6, 6.07) is 0. The Balaban J connectivity index is 4.26. The highest BCUT2D eigenvalue weighted by molar-refractivity contribution is 7.47. The summed E-state index contributed by atoms with van der Waals surface area (Å²) in [5.41, 5.74) is 0. The first-order valence-corrected chi connectivity index (χ1v) is 18.3. The summed E-state index contributed by atoms with van der Waals surface area (Å²) in [5.74, 6) is -0.316. The van der Waals surface area contributed by atoms with Crippen molar-refractivity contribution in [1.82, 2.24) is 0 Å². The van der Waals surface area contributed by atoms with Crippen molar-refractivity contribution in [2.45, 2.75) is 148 Å². The average molecular weight is 609 g/mol. The molecule has 0 heterocycles. The van der Waals surface area contributed by atoms with Crippen LogP contribution in [0.15, 0.2) is 0 Å². The van der Waals surface area contributed by atoms with Crippen LogP contribution in [0.3, 0.4) is 0 Å². The number of ether oxygens (including phenoxy) is 2. The smallest absolute Gasteiger partial charge is 0.457 e. The third-order valence-electron chi connectivity index (χ3n) is 7.17. The number of esters is 1. The van der Waals surface area contributed by atoms with Crippen LogP contribution in [0.1, 0.15) is 142 Å². The molecule has 0 aromatic rings. The maximum absolute atomic E-state index is 12.5. The summed E-state index contributed by atoms with van der Waals surface area (Å²) in [5, 5.41) is 0. The minimum atomic E-state index is -4.24. The van der Waals surface area contributed by atoms with Crippen LogP contribution in [0.5, 0.6) is 0 Å². The van der Waals surface area contributed by atoms with Crippen LogP contribution in [-0.2, 0) is 27.9 Å². The first kappa shape index (κ1) is 40.5. The maximum Gasteiger partial charge on any atom is 0.472 e. The van der Waals surface area contributed by atoms with Gasteiger partial charge in [-0.15, -0.1) is 0 Å². The van der Waals surface area contributed by atoms with Crippen molar-refractivity contribution in [3.05, 3.63) is 0 Å². The number of phosphoric acid groups is 1. The lowest BCUT2D eigenvalue weighted by Crippen LogP contribution is -2.37. The molecule has 9 heteroatoms. The highest BCUT2D eigenvalue weighted by Gasteiger charge is 2.26. The molecule has 8 nitrogen and oxygen atoms in total. The molecule has 2 atom stereocenters. The predicted octanol–water partition coefficient (Wildman–Crippen LogP) is 8.60. The Labute approximate surface area is 253 Å². The van der Waals surface area contributed by atoms with Gasteiger partial charge in [0.2, 0.25) is 0 Å². The molecular weight excluding hydrogens is 541 g/mol. The van der Waals surface area contributed by atoms with Crippen LogP contribution in [0.4, 0.5) is 0 Å². The van der Waals surface area contributed by atoms with Crippen LogP contribution in [0.2, 0.25) is 0 Å². The maximum atomic E-state index is 12.5. The van der Waals surface area contributed by atoms with Crippen LogP contribution in [0.25, 0.3) is 0 Å². The third kappa shape index (κ3) is 30.8. The topological polar surface area (TPSA) is 91.3 Å². The van der Waals surface area contributed by atoms with E-state index in [-0.39, 0.29) is 25.8 Å². The molecular formula is C32H67NO7P+. The lowest BCUT2D eigenvalue weighted by atomic mass is 10.0. The SMILES string of the molecule is CCCCCCCCCCCCCCCC(=O)OC(COCCCCCCCC)COP(=O)(O)OCC[N+](C)(C)C. The largest absolute Gasteiger partial charge is 0.472 e. The first-order chi connectivity index (χ1) is 19.6. The van der Waals surface area contributed by atoms with Gasteiger partial charge in [-0.05, 0) is 12.8 Å². The Morgan fingerprint density at radius 2 is 1.12 bits per heavy atom. The van der Waals surface area contributed by atoms with E-state index < -0.39 is 13.9 Å². The van der Waals surface area contributed by atoms with Gasteiger partial charge >= 0.3 is 13.8 Å². The molecule has 0 fully saturated rings. The van der Waals surface area contributed by atoms with Crippen molar-refractivity contribution in [1.29, 1.82) is 0 Å². The second-order valence-corrected chi connectivity index (χ2v) is 14.0. The molecule has 2 unspecified atom stereocenters. The quantitative estimate of drug-likeness (QED) is 0.0365. The Hall–Kier alpha value is -0.500. The van der Waals surface area contributed by atoms with Crippen molar-refractivity contribution in [3.63, 3.8) is 0 Å². The Morgan fingerprint density at radius 1 is 0.659 bits per heavy atom. The van der Waals surface area contributed by atoms with Crippen LogP contribution in [-0.4, -0.2) is 75.6 Å². The van der Waals surface area contributed by atoms with E-state index in [1.54, 1.807) is 0 Å². The standard InChI is InChI=1S/C32H66NO7P/c1-6-8-10-12-14-15-16-17-18-19-20-21-23-25-32(34)40-31(29-37-27-24-22-13-11-9-7-2)30-39-41(35,36)38-28-26-33(3,4)5/h31H,6-30H2,1-5H3/p+1. The molecule has 0 aromatic carbocycles. The van der Waals surface area contributed by atoms with Crippen LogP contribution >= 0.6 is 7.82 Å². The Kier molecular flexibility index (Phi) is 26.7. The van der Waals surface area contributed by atoms with Gasteiger partial charge in [-0.3, -0.25) is 13.8 Å². The van der Waals surface area contributed by atoms with Gasteiger partial charge in [0.1, 0.15) is 19.3 Å². The van der Waals surface area contributed by atoms with Crippen molar-refractivity contribution in [2.75, 3.05) is 54.1 Å². The normalized spacial score (nSPS) is 14.2. The summed E-state index contributed by atoms with van der Waals surface area (Å²) in [7, 11) is 1.67. The molecule has 41 heavy (non-hydrogen) atoms. The molecule has 0 saturated carbocycles. The number of nitrogens with zero attached hydrogens (tertiary/aromatic N) is 1. The van der Waals surface area contributed by atoms with E-state index in [4.69, 9.17) is 18.5 Å². The fourth-order valence-electron chi connectivity index (χ4n) is 4.49. The molecule has 0 aliphatic heterocycles. The molecule has 0 amide bonds. The number of carbonyl (C=O) groups is 1. The number of hydrogen-bond acceptors (Lipinski definition) is 6. The summed E-state index contributed by atoms with van der Waals surface area (Å²) < 4.78 is 34.5. The Bertz CT molecular complexity index is 642. The molecule has 246 valence electrons. The summed E-state index contributed by atoms with van der Waals surface area (Å²) in [6.45, 7) is 5.58. The van der Waals surface area contributed by atoms with E-state index in [1.165, 1.54) is 89.9 Å². The second kappa shape index (κ2) is 27.1. The fourth-order valence-corrected chi connectivity index (χ4v) is 5.23. The average Bonchev–Trinajstić information content (AvgIpc) is 2.90. The molecule has 0 aromatic heterocycles. The van der Waals surface area contributed by atoms with Gasteiger partial charge in [-0.2, -0.15) is 0 Å². The minimum absolute atomic E-state index is 0.0926. The molecule has 1 N–H and O–H groups in total. The molecule has 0 aliphatic rings. The predicted molar refractivity (Wildman–Crippen MR) is 169 cm³/mol. The molecule has 0 spiro atoms. The van der Waals surface area contributed by atoms with Crippen LogP contribution in [0, 0.1) is 0 Å². The first-order valence-electron chi connectivity index (χ1n) is 16.8. The summed E-state index contributed by atoms with van der Waals surface area (Å²) >= 11 is 0. The van der Waals surface area contributed by atoms with Crippen molar-refractivity contribution in [3.8, 4) is 0 Å². The zero-order chi connectivity index (χ0) is 30.7. The van der Waals surface area contributed by atoms with Gasteiger partial charge in [-0.1, -0.05) is 123 Å². The molecule has 0 aliphatic carbocycles. The van der Waals surface area contributed by atoms with Gasteiger partial charge in [0.25, 0.3) is 0 Å². The summed E-state index contributed by atoms with van der Waals surface area (Å²) in [6.07, 6.45) is 22.8. The number of likely N-dealkylation sites (N-methyl/N-ethyl adjacent to an activating group) is 1. The van der Waals surface area contributed by atoms with E-state index in [1.807, 2.05) is 21.1 Å². The molecule has 0 saturated heterocycles. The number of phosphoric ester groups is 1. The molecule has 0 radical (unpaired) electrons. The Morgan fingerprint density at radius 3 is 1.61 bits per heavy atom. The molecule has 0 bridgehead atoms. The van der Waals surface area contributed by atoms with Gasteiger partial charge in [0, 0.05) is 13.0 Å². The van der Waals surface area contributed by atoms with E-state index in [2.05, 4.69) is 13.8 Å². The molecule has 0 rings (SSSR count). The van der Waals surface area contributed by atoms with Crippen molar-refractivity contribution in [2.24, 2.45) is 0 Å². The van der Waals surface area contributed by atoms with Gasteiger partial charge in [0.05, 0.1) is 34.4 Å².